The van der Waals surface area contributed by atoms with E-state index in [1.165, 1.54) is 12.3 Å². The van der Waals surface area contributed by atoms with Gasteiger partial charge in [-0.2, -0.15) is 0 Å². The highest BCUT2D eigenvalue weighted by molar-refractivity contribution is 5.96. The monoisotopic (exact) mass is 514 g/mol. The number of likely N-dealkylation sites (tertiary alicyclic amines) is 1. The third-order valence-electron chi connectivity index (χ3n) is 6.38. The molecular formula is C28H30N6O4. The quantitative estimate of drug-likeness (QED) is 0.290. The maximum atomic E-state index is 12.4. The van der Waals surface area contributed by atoms with Crippen LogP contribution in [-0.4, -0.2) is 51.3 Å². The van der Waals surface area contributed by atoms with Crippen LogP contribution in [0.3, 0.4) is 0 Å². The van der Waals surface area contributed by atoms with Crippen LogP contribution < -0.4 is 16.4 Å². The summed E-state index contributed by atoms with van der Waals surface area (Å²) in [5, 5.41) is 6.39. The molecule has 1 aliphatic heterocycles. The second-order valence-electron chi connectivity index (χ2n) is 8.95. The molecule has 196 valence electrons. The number of piperidine rings is 1. The number of nitrogens with one attached hydrogen (secondary N) is 2. The molecule has 0 aliphatic carbocycles. The van der Waals surface area contributed by atoms with Crippen molar-refractivity contribution in [2.45, 2.75) is 38.5 Å². The molecule has 2 amide bonds. The van der Waals surface area contributed by atoms with Gasteiger partial charge < -0.3 is 26.0 Å². The number of hydrogen-bond donors (Lipinski definition) is 3. The van der Waals surface area contributed by atoms with Crippen molar-refractivity contribution in [3.8, 4) is 0 Å². The standard InChI is InChI=1S/C28H30N6O4/c1-3-24(35)34-15-7-10-22(18(34)2)32-23-16-30-25(26(29)36)27(33-23)31-21-13-11-20(12-14-21)28(37)38-17-19-8-5-4-6-9-19/h3-6,8-9,11-14,16,18,22H,1,7,10,15,17H2,2H3,(H2,29,36)(H2,31,32,33)/t18-,22-/m1/s1. The molecule has 1 aliphatic rings. The Morgan fingerprint density at radius 3 is 2.58 bits per heavy atom. The van der Waals surface area contributed by atoms with E-state index in [1.807, 2.05) is 37.3 Å². The second-order valence-corrected chi connectivity index (χ2v) is 8.95. The summed E-state index contributed by atoms with van der Waals surface area (Å²) in [4.78, 5) is 47.1. The van der Waals surface area contributed by atoms with Crippen LogP contribution in [0.5, 0.6) is 0 Å². The van der Waals surface area contributed by atoms with Crippen molar-refractivity contribution < 1.29 is 19.1 Å². The van der Waals surface area contributed by atoms with Gasteiger partial charge in [0.15, 0.2) is 11.5 Å². The van der Waals surface area contributed by atoms with Crippen LogP contribution in [0.15, 0.2) is 73.4 Å². The number of aromatic nitrogens is 2. The summed E-state index contributed by atoms with van der Waals surface area (Å²) < 4.78 is 5.37. The molecule has 38 heavy (non-hydrogen) atoms. The molecule has 1 aromatic heterocycles. The first-order chi connectivity index (χ1) is 18.4. The Bertz CT molecular complexity index is 1310. The van der Waals surface area contributed by atoms with Crippen molar-refractivity contribution in [2.24, 2.45) is 5.73 Å². The second kappa shape index (κ2) is 12.0. The minimum Gasteiger partial charge on any atom is -0.457 e. The molecule has 1 fully saturated rings. The molecule has 10 heteroatoms. The first-order valence-electron chi connectivity index (χ1n) is 12.3. The van der Waals surface area contributed by atoms with Crippen molar-refractivity contribution in [1.82, 2.24) is 14.9 Å². The molecule has 0 saturated carbocycles. The predicted octanol–water partition coefficient (Wildman–Crippen LogP) is 3.65. The van der Waals surface area contributed by atoms with Gasteiger partial charge in [-0.15, -0.1) is 0 Å². The number of nitrogens with zero attached hydrogens (tertiary/aromatic N) is 3. The Kier molecular flexibility index (Phi) is 8.32. The molecule has 3 aromatic rings. The van der Waals surface area contributed by atoms with Gasteiger partial charge in [-0.05, 0) is 55.7 Å². The van der Waals surface area contributed by atoms with E-state index < -0.39 is 11.9 Å². The molecule has 0 bridgehead atoms. The summed E-state index contributed by atoms with van der Waals surface area (Å²) in [6.07, 6.45) is 4.43. The van der Waals surface area contributed by atoms with Crippen molar-refractivity contribution >= 4 is 35.1 Å². The van der Waals surface area contributed by atoms with Crippen LogP contribution >= 0.6 is 0 Å². The minimum absolute atomic E-state index is 0.0259. The molecule has 0 spiro atoms. The largest absolute Gasteiger partial charge is 0.457 e. The average Bonchev–Trinajstić information content (AvgIpc) is 2.93. The molecule has 2 atom stereocenters. The van der Waals surface area contributed by atoms with Gasteiger partial charge in [0.05, 0.1) is 11.8 Å². The molecule has 4 N–H and O–H groups in total. The molecule has 1 saturated heterocycles. The van der Waals surface area contributed by atoms with Gasteiger partial charge in [-0.25, -0.2) is 14.8 Å². The lowest BCUT2D eigenvalue weighted by molar-refractivity contribution is -0.129. The van der Waals surface area contributed by atoms with E-state index in [-0.39, 0.29) is 36.1 Å². The topological polar surface area (TPSA) is 140 Å². The lowest BCUT2D eigenvalue weighted by Gasteiger charge is -2.39. The number of primary amides is 1. The number of esters is 1. The van der Waals surface area contributed by atoms with Gasteiger partial charge in [0.25, 0.3) is 5.91 Å². The van der Waals surface area contributed by atoms with Crippen LogP contribution in [0.25, 0.3) is 0 Å². The Morgan fingerprint density at radius 2 is 1.89 bits per heavy atom. The molecular weight excluding hydrogens is 484 g/mol. The summed E-state index contributed by atoms with van der Waals surface area (Å²) in [5.74, 6) is -0.696. The number of carbonyl (C=O) groups excluding carboxylic acids is 3. The summed E-state index contributed by atoms with van der Waals surface area (Å²) in [5.41, 5.74) is 7.35. The van der Waals surface area contributed by atoms with Gasteiger partial charge in [0.2, 0.25) is 5.91 Å². The van der Waals surface area contributed by atoms with Gasteiger partial charge >= 0.3 is 5.97 Å². The lowest BCUT2D eigenvalue weighted by atomic mass is 9.97. The third-order valence-corrected chi connectivity index (χ3v) is 6.38. The Labute approximate surface area is 220 Å². The van der Waals surface area contributed by atoms with Gasteiger partial charge in [-0.3, -0.25) is 9.59 Å². The zero-order chi connectivity index (χ0) is 27.1. The fourth-order valence-corrected chi connectivity index (χ4v) is 4.31. The number of hydrogen-bond acceptors (Lipinski definition) is 8. The van der Waals surface area contributed by atoms with Crippen LogP contribution in [0.2, 0.25) is 0 Å². The number of amides is 2. The fourth-order valence-electron chi connectivity index (χ4n) is 4.31. The third kappa shape index (κ3) is 6.33. The highest BCUT2D eigenvalue weighted by Crippen LogP contribution is 2.24. The summed E-state index contributed by atoms with van der Waals surface area (Å²) in [7, 11) is 0. The molecule has 4 rings (SSSR count). The number of nitrogens with two attached hydrogens (primary N) is 1. The lowest BCUT2D eigenvalue weighted by Crippen LogP contribution is -2.51. The number of benzene rings is 2. The Balaban J connectivity index is 1.45. The van der Waals surface area contributed by atoms with Crippen LogP contribution in [-0.2, 0) is 16.1 Å². The predicted molar refractivity (Wildman–Crippen MR) is 144 cm³/mol. The molecule has 2 aromatic carbocycles. The first-order valence-corrected chi connectivity index (χ1v) is 12.3. The van der Waals surface area contributed by atoms with Gasteiger partial charge in [0.1, 0.15) is 12.4 Å². The van der Waals surface area contributed by atoms with Crippen LogP contribution in [0.4, 0.5) is 17.3 Å². The molecule has 0 unspecified atom stereocenters. The summed E-state index contributed by atoms with van der Waals surface area (Å²) in [6, 6.07) is 15.9. The summed E-state index contributed by atoms with van der Waals surface area (Å²) >= 11 is 0. The highest BCUT2D eigenvalue weighted by atomic mass is 16.5. The number of carbonyl (C=O) groups is 3. The zero-order valence-corrected chi connectivity index (χ0v) is 21.1. The van der Waals surface area contributed by atoms with E-state index >= 15 is 0 Å². The van der Waals surface area contributed by atoms with Crippen molar-refractivity contribution in [3.05, 3.63) is 90.3 Å². The maximum absolute atomic E-state index is 12.4. The highest BCUT2D eigenvalue weighted by Gasteiger charge is 2.30. The fraction of sp³-hybridized carbons (Fsp3) is 0.250. The normalized spacial score (nSPS) is 16.8. The summed E-state index contributed by atoms with van der Waals surface area (Å²) in [6.45, 7) is 6.39. The molecule has 2 heterocycles. The zero-order valence-electron chi connectivity index (χ0n) is 21.1. The SMILES string of the molecule is C=CC(=O)N1CCC[C@@H](Nc2cnc(C(N)=O)c(Nc3ccc(C(=O)OCc4ccccc4)cc3)n2)[C@H]1C. The van der Waals surface area contributed by atoms with E-state index in [1.54, 1.807) is 29.2 Å². The van der Waals surface area contributed by atoms with Crippen molar-refractivity contribution in [3.63, 3.8) is 0 Å². The van der Waals surface area contributed by atoms with E-state index in [2.05, 4.69) is 27.2 Å². The average molecular weight is 515 g/mol. The molecule has 0 radical (unpaired) electrons. The molecule has 10 nitrogen and oxygen atoms in total. The van der Waals surface area contributed by atoms with E-state index in [4.69, 9.17) is 10.5 Å². The van der Waals surface area contributed by atoms with Crippen LogP contribution in [0, 0.1) is 0 Å². The van der Waals surface area contributed by atoms with E-state index in [0.717, 1.165) is 18.4 Å². The maximum Gasteiger partial charge on any atom is 0.338 e. The first kappa shape index (κ1) is 26.3. The van der Waals surface area contributed by atoms with Gasteiger partial charge in [-0.1, -0.05) is 36.9 Å². The van der Waals surface area contributed by atoms with Crippen molar-refractivity contribution in [2.75, 3.05) is 17.2 Å². The van der Waals surface area contributed by atoms with E-state index in [9.17, 15) is 14.4 Å². The Morgan fingerprint density at radius 1 is 1.16 bits per heavy atom. The van der Waals surface area contributed by atoms with Gasteiger partial charge in [0, 0.05) is 24.3 Å². The van der Waals surface area contributed by atoms with Crippen LogP contribution in [0.1, 0.15) is 46.2 Å². The number of rotatable bonds is 9. The van der Waals surface area contributed by atoms with Crippen molar-refractivity contribution in [1.29, 1.82) is 0 Å². The number of ether oxygens (including phenoxy) is 1. The smallest absolute Gasteiger partial charge is 0.338 e. The number of anilines is 3. The van der Waals surface area contributed by atoms with E-state index in [0.29, 0.717) is 23.6 Å². The Hall–Kier alpha value is -4.73. The minimum atomic E-state index is -0.735.